The Hall–Kier alpha value is -0.210. The maximum Gasteiger partial charge on any atom is 0.0373 e. The number of piperazine rings is 1. The van der Waals surface area contributed by atoms with Gasteiger partial charge in [0.15, 0.2) is 0 Å². The van der Waals surface area contributed by atoms with Crippen LogP contribution in [0.1, 0.15) is 0 Å². The lowest BCUT2D eigenvalue weighted by atomic mass is 10.3. The molecule has 0 aliphatic carbocycles. The second-order valence-electron chi connectivity index (χ2n) is 2.27. The number of hydrogen-bond acceptors (Lipinski definition) is 2. The molecule has 0 atom stereocenters. The van der Waals surface area contributed by atoms with Crippen molar-refractivity contribution in [3.05, 3.63) is 12.3 Å². The first-order chi connectivity index (χ1) is 3.79. The molecule has 1 rings (SSSR count). The van der Waals surface area contributed by atoms with Crippen LogP contribution in [0.5, 0.6) is 0 Å². The number of hydrogen-bond donors (Lipinski definition) is 1. The van der Waals surface area contributed by atoms with Gasteiger partial charge in [-0.15, -0.1) is 12.4 Å². The van der Waals surface area contributed by atoms with E-state index >= 15 is 0 Å². The van der Waals surface area contributed by atoms with E-state index in [1.165, 1.54) is 0 Å². The van der Waals surface area contributed by atoms with Crippen LogP contribution in [0.25, 0.3) is 0 Å². The lowest BCUT2D eigenvalue weighted by Gasteiger charge is -2.24. The first kappa shape index (κ1) is 8.79. The molecule has 0 amide bonds. The fraction of sp³-hybridized carbons (Fsp3) is 0.667. The standard InChI is InChI=1S/C6H12N2.ClH/c1-6-5-8(2)4-3-7-6;/h7H,1,3-5H2,2H3;1H. The molecule has 1 aliphatic rings. The molecule has 9 heavy (non-hydrogen) atoms. The van der Waals surface area contributed by atoms with Crippen molar-refractivity contribution in [2.24, 2.45) is 0 Å². The Bertz CT molecular complexity index is 103. The fourth-order valence-electron chi connectivity index (χ4n) is 0.884. The van der Waals surface area contributed by atoms with Crippen molar-refractivity contribution in [1.29, 1.82) is 0 Å². The molecule has 1 heterocycles. The van der Waals surface area contributed by atoms with Gasteiger partial charge in [-0.05, 0) is 7.05 Å². The van der Waals surface area contributed by atoms with Gasteiger partial charge in [0.25, 0.3) is 0 Å². The molecule has 0 aromatic heterocycles. The van der Waals surface area contributed by atoms with Gasteiger partial charge in [0.05, 0.1) is 0 Å². The molecule has 0 spiro atoms. The van der Waals surface area contributed by atoms with Gasteiger partial charge in [-0.25, -0.2) is 0 Å². The fourth-order valence-corrected chi connectivity index (χ4v) is 0.884. The highest BCUT2D eigenvalue weighted by Gasteiger charge is 2.05. The minimum absolute atomic E-state index is 0. The average molecular weight is 149 g/mol. The topological polar surface area (TPSA) is 15.3 Å². The van der Waals surface area contributed by atoms with Crippen LogP contribution >= 0.6 is 12.4 Å². The van der Waals surface area contributed by atoms with Crippen molar-refractivity contribution < 1.29 is 0 Å². The summed E-state index contributed by atoms with van der Waals surface area (Å²) in [6.45, 7) is 7.00. The molecule has 0 unspecified atom stereocenters. The summed E-state index contributed by atoms with van der Waals surface area (Å²) < 4.78 is 0. The molecule has 0 bridgehead atoms. The van der Waals surface area contributed by atoms with E-state index in [-0.39, 0.29) is 12.4 Å². The number of rotatable bonds is 0. The predicted octanol–water partition coefficient (Wildman–Crippen LogP) is 0.457. The third-order valence-corrected chi connectivity index (χ3v) is 1.33. The monoisotopic (exact) mass is 148 g/mol. The first-order valence-corrected chi connectivity index (χ1v) is 2.89. The Labute approximate surface area is 62.3 Å². The second-order valence-corrected chi connectivity index (χ2v) is 2.27. The van der Waals surface area contributed by atoms with Gasteiger partial charge in [0.2, 0.25) is 0 Å². The van der Waals surface area contributed by atoms with E-state index in [2.05, 4.69) is 23.8 Å². The van der Waals surface area contributed by atoms with E-state index in [1.807, 2.05) is 0 Å². The van der Waals surface area contributed by atoms with E-state index in [0.29, 0.717) is 0 Å². The molecule has 0 radical (unpaired) electrons. The Balaban J connectivity index is 0.000000640. The van der Waals surface area contributed by atoms with Crippen LogP contribution < -0.4 is 5.32 Å². The zero-order chi connectivity index (χ0) is 5.98. The second kappa shape index (κ2) is 3.75. The van der Waals surface area contributed by atoms with Crippen LogP contribution in [0, 0.1) is 0 Å². The maximum absolute atomic E-state index is 3.81. The number of nitrogens with zero attached hydrogens (tertiary/aromatic N) is 1. The Morgan fingerprint density at radius 2 is 2.33 bits per heavy atom. The lowest BCUT2D eigenvalue weighted by Crippen LogP contribution is -2.38. The summed E-state index contributed by atoms with van der Waals surface area (Å²) in [5, 5.41) is 3.18. The minimum atomic E-state index is 0. The van der Waals surface area contributed by atoms with E-state index in [9.17, 15) is 0 Å². The minimum Gasteiger partial charge on any atom is -0.386 e. The molecule has 0 aromatic rings. The molecule has 1 saturated heterocycles. The first-order valence-electron chi connectivity index (χ1n) is 2.89. The summed E-state index contributed by atoms with van der Waals surface area (Å²) in [5.74, 6) is 0. The van der Waals surface area contributed by atoms with Gasteiger partial charge in [0, 0.05) is 25.3 Å². The highest BCUT2D eigenvalue weighted by Crippen LogP contribution is 1.94. The Morgan fingerprint density at radius 1 is 1.67 bits per heavy atom. The number of halogens is 1. The molecule has 2 nitrogen and oxygen atoms in total. The quantitative estimate of drug-likeness (QED) is 0.537. The predicted molar refractivity (Wildman–Crippen MR) is 41.9 cm³/mol. The Kier molecular flexibility index (Phi) is 3.66. The maximum atomic E-state index is 3.81. The van der Waals surface area contributed by atoms with Crippen LogP contribution in [0.2, 0.25) is 0 Å². The highest BCUT2D eigenvalue weighted by atomic mass is 35.5. The summed E-state index contributed by atoms with van der Waals surface area (Å²) in [5.41, 5.74) is 1.14. The highest BCUT2D eigenvalue weighted by molar-refractivity contribution is 5.85. The van der Waals surface area contributed by atoms with Crippen molar-refractivity contribution in [2.75, 3.05) is 26.7 Å². The zero-order valence-electron chi connectivity index (χ0n) is 5.68. The van der Waals surface area contributed by atoms with E-state index < -0.39 is 0 Å². The number of nitrogens with one attached hydrogen (secondary N) is 1. The number of likely N-dealkylation sites (N-methyl/N-ethyl adjacent to an activating group) is 1. The van der Waals surface area contributed by atoms with Gasteiger partial charge < -0.3 is 5.32 Å². The molecule has 3 heteroatoms. The lowest BCUT2D eigenvalue weighted by molar-refractivity contribution is 0.324. The van der Waals surface area contributed by atoms with Crippen LogP contribution in [0.15, 0.2) is 12.3 Å². The molecule has 1 N–H and O–H groups in total. The van der Waals surface area contributed by atoms with Gasteiger partial charge in [-0.3, -0.25) is 4.90 Å². The van der Waals surface area contributed by atoms with E-state index in [4.69, 9.17) is 0 Å². The zero-order valence-corrected chi connectivity index (χ0v) is 6.50. The Morgan fingerprint density at radius 3 is 2.67 bits per heavy atom. The van der Waals surface area contributed by atoms with Crippen LogP contribution in [-0.2, 0) is 0 Å². The summed E-state index contributed by atoms with van der Waals surface area (Å²) in [6.07, 6.45) is 0. The van der Waals surface area contributed by atoms with Crippen LogP contribution in [0.4, 0.5) is 0 Å². The van der Waals surface area contributed by atoms with Crippen molar-refractivity contribution >= 4 is 12.4 Å². The summed E-state index contributed by atoms with van der Waals surface area (Å²) >= 11 is 0. The van der Waals surface area contributed by atoms with Crippen molar-refractivity contribution in [1.82, 2.24) is 10.2 Å². The van der Waals surface area contributed by atoms with Gasteiger partial charge >= 0.3 is 0 Å². The smallest absolute Gasteiger partial charge is 0.0373 e. The van der Waals surface area contributed by atoms with Crippen LogP contribution in [-0.4, -0.2) is 31.6 Å². The SMILES string of the molecule is C=C1CN(C)CCN1.Cl. The third-order valence-electron chi connectivity index (χ3n) is 1.33. The third kappa shape index (κ3) is 2.72. The summed E-state index contributed by atoms with van der Waals surface area (Å²) in [4.78, 5) is 2.25. The van der Waals surface area contributed by atoms with Crippen LogP contribution in [0.3, 0.4) is 0 Å². The van der Waals surface area contributed by atoms with Crippen molar-refractivity contribution in [3.63, 3.8) is 0 Å². The van der Waals surface area contributed by atoms with Crippen molar-refractivity contribution in [2.45, 2.75) is 0 Å². The van der Waals surface area contributed by atoms with Gasteiger partial charge in [-0.1, -0.05) is 6.58 Å². The molecule has 1 fully saturated rings. The molecule has 0 aromatic carbocycles. The van der Waals surface area contributed by atoms with Gasteiger partial charge in [-0.2, -0.15) is 0 Å². The summed E-state index contributed by atoms with van der Waals surface area (Å²) in [6, 6.07) is 0. The molecule has 54 valence electrons. The molecule has 1 aliphatic heterocycles. The normalized spacial score (nSPS) is 20.3. The molecular formula is C6H13ClN2. The van der Waals surface area contributed by atoms with E-state index in [0.717, 1.165) is 25.3 Å². The molecular weight excluding hydrogens is 136 g/mol. The average Bonchev–Trinajstić information content (AvgIpc) is 1.64. The largest absolute Gasteiger partial charge is 0.386 e. The summed E-state index contributed by atoms with van der Waals surface area (Å²) in [7, 11) is 2.10. The molecule has 0 saturated carbocycles. The van der Waals surface area contributed by atoms with Crippen molar-refractivity contribution in [3.8, 4) is 0 Å². The van der Waals surface area contributed by atoms with Gasteiger partial charge in [0.1, 0.15) is 0 Å². The van der Waals surface area contributed by atoms with E-state index in [1.54, 1.807) is 0 Å².